The summed E-state index contributed by atoms with van der Waals surface area (Å²) in [6.45, 7) is 1.55. The summed E-state index contributed by atoms with van der Waals surface area (Å²) in [6.07, 6.45) is 0. The van der Waals surface area contributed by atoms with Crippen LogP contribution in [-0.2, 0) is 0 Å². The number of nitrogens with zero attached hydrogens (tertiary/aromatic N) is 1. The van der Waals surface area contributed by atoms with Crippen LogP contribution in [0.4, 0.5) is 24.0 Å². The van der Waals surface area contributed by atoms with Crippen molar-refractivity contribution < 1.29 is 13.2 Å². The lowest BCUT2D eigenvalue weighted by Gasteiger charge is -2.07. The molecule has 0 amide bonds. The van der Waals surface area contributed by atoms with E-state index in [0.29, 0.717) is 16.2 Å². The first kappa shape index (κ1) is 12.9. The fraction of sp³-hybridized carbons (Fsp3) is 0.0714. The van der Waals surface area contributed by atoms with Crippen LogP contribution >= 0.6 is 11.3 Å². The Labute approximate surface area is 116 Å². The van der Waals surface area contributed by atoms with Gasteiger partial charge in [-0.15, -0.1) is 0 Å². The zero-order chi connectivity index (χ0) is 14.3. The van der Waals surface area contributed by atoms with E-state index in [2.05, 4.69) is 10.3 Å². The Morgan fingerprint density at radius 1 is 1.10 bits per heavy atom. The van der Waals surface area contributed by atoms with Crippen molar-refractivity contribution in [2.75, 3.05) is 5.32 Å². The molecule has 1 heterocycles. The second-order valence-corrected chi connectivity index (χ2v) is 5.34. The molecule has 0 spiro atoms. The zero-order valence-electron chi connectivity index (χ0n) is 10.4. The van der Waals surface area contributed by atoms with Gasteiger partial charge in [0.15, 0.2) is 10.9 Å². The molecular weight excluding hydrogens is 285 g/mol. The molecule has 0 radical (unpaired) electrons. The van der Waals surface area contributed by atoms with Crippen molar-refractivity contribution >= 4 is 32.4 Å². The van der Waals surface area contributed by atoms with Crippen LogP contribution in [0.3, 0.4) is 0 Å². The summed E-state index contributed by atoms with van der Waals surface area (Å²) in [6, 6.07) is 6.73. The van der Waals surface area contributed by atoms with Gasteiger partial charge in [0.1, 0.15) is 17.3 Å². The Morgan fingerprint density at radius 3 is 2.70 bits per heavy atom. The van der Waals surface area contributed by atoms with Gasteiger partial charge in [-0.2, -0.15) is 0 Å². The van der Waals surface area contributed by atoms with Crippen LogP contribution < -0.4 is 5.32 Å². The van der Waals surface area contributed by atoms with Gasteiger partial charge in [-0.05, 0) is 30.7 Å². The van der Waals surface area contributed by atoms with Gasteiger partial charge >= 0.3 is 0 Å². The molecule has 2 nitrogen and oxygen atoms in total. The summed E-state index contributed by atoms with van der Waals surface area (Å²) in [5.41, 5.74) is 0.538. The van der Waals surface area contributed by atoms with E-state index in [1.165, 1.54) is 35.6 Å². The van der Waals surface area contributed by atoms with Crippen molar-refractivity contribution in [2.24, 2.45) is 0 Å². The summed E-state index contributed by atoms with van der Waals surface area (Å²) < 4.78 is 41.3. The molecule has 0 aliphatic heterocycles. The summed E-state index contributed by atoms with van der Waals surface area (Å²) in [5, 5.41) is 2.94. The smallest absolute Gasteiger partial charge is 0.188 e. The van der Waals surface area contributed by atoms with Crippen molar-refractivity contribution in [3.8, 4) is 0 Å². The minimum atomic E-state index is -0.696. The van der Waals surface area contributed by atoms with Gasteiger partial charge in [-0.3, -0.25) is 0 Å². The molecule has 0 aliphatic rings. The third-order valence-electron chi connectivity index (χ3n) is 2.87. The summed E-state index contributed by atoms with van der Waals surface area (Å²) in [7, 11) is 0. The highest BCUT2D eigenvalue weighted by molar-refractivity contribution is 7.22. The Morgan fingerprint density at radius 2 is 1.90 bits per heavy atom. The van der Waals surface area contributed by atoms with Crippen LogP contribution in [0.1, 0.15) is 5.56 Å². The lowest BCUT2D eigenvalue weighted by Crippen LogP contribution is -1.98. The Balaban J connectivity index is 2.03. The molecule has 1 N–H and O–H groups in total. The molecule has 20 heavy (non-hydrogen) atoms. The van der Waals surface area contributed by atoms with E-state index in [-0.39, 0.29) is 5.69 Å². The number of anilines is 2. The number of fused-ring (bicyclic) bond motifs is 1. The molecule has 0 bridgehead atoms. The normalized spacial score (nSPS) is 11.0. The van der Waals surface area contributed by atoms with Crippen LogP contribution in [0.5, 0.6) is 0 Å². The van der Waals surface area contributed by atoms with Crippen LogP contribution in [0.15, 0.2) is 30.3 Å². The fourth-order valence-corrected chi connectivity index (χ4v) is 2.68. The number of hydrogen-bond donors (Lipinski definition) is 1. The monoisotopic (exact) mass is 294 g/mol. The predicted octanol–water partition coefficient (Wildman–Crippen LogP) is 4.77. The molecule has 6 heteroatoms. The van der Waals surface area contributed by atoms with Gasteiger partial charge in [0.25, 0.3) is 0 Å². The maximum absolute atomic E-state index is 13.9. The van der Waals surface area contributed by atoms with E-state index >= 15 is 0 Å². The summed E-state index contributed by atoms with van der Waals surface area (Å²) in [4.78, 5) is 4.11. The first-order valence-electron chi connectivity index (χ1n) is 5.82. The van der Waals surface area contributed by atoms with Crippen molar-refractivity contribution in [3.63, 3.8) is 0 Å². The van der Waals surface area contributed by atoms with Gasteiger partial charge in [-0.25, -0.2) is 18.2 Å². The van der Waals surface area contributed by atoms with Crippen molar-refractivity contribution in [1.82, 2.24) is 4.98 Å². The lowest BCUT2D eigenvalue weighted by atomic mass is 10.2. The number of aryl methyl sites for hydroxylation is 1. The Hall–Kier alpha value is -2.08. The minimum absolute atomic E-state index is 0.246. The van der Waals surface area contributed by atoms with Crippen molar-refractivity contribution in [1.29, 1.82) is 0 Å². The molecule has 0 unspecified atom stereocenters. The maximum atomic E-state index is 13.9. The molecule has 0 atom stereocenters. The SMILES string of the molecule is Cc1ccc(F)c(Nc2nc3cc(F)ccc3s2)c1F. The van der Waals surface area contributed by atoms with Gasteiger partial charge in [-0.1, -0.05) is 17.4 Å². The number of nitrogens with one attached hydrogen (secondary N) is 1. The molecule has 102 valence electrons. The van der Waals surface area contributed by atoms with E-state index in [1.54, 1.807) is 13.0 Å². The highest BCUT2D eigenvalue weighted by Crippen LogP contribution is 2.31. The largest absolute Gasteiger partial charge is 0.327 e. The standard InChI is InChI=1S/C14H9F3N2S/c1-7-2-4-9(16)13(12(7)17)19-14-18-10-6-8(15)3-5-11(10)20-14/h2-6H,1H3,(H,18,19). The van der Waals surface area contributed by atoms with Crippen LogP contribution in [0, 0.1) is 24.4 Å². The number of aromatic nitrogens is 1. The number of benzene rings is 2. The van der Waals surface area contributed by atoms with Gasteiger partial charge in [0.2, 0.25) is 0 Å². The Bertz CT molecular complexity index is 798. The average Bonchev–Trinajstić information content (AvgIpc) is 2.81. The topological polar surface area (TPSA) is 24.9 Å². The third-order valence-corrected chi connectivity index (χ3v) is 3.82. The van der Waals surface area contributed by atoms with E-state index in [1.807, 2.05) is 0 Å². The quantitative estimate of drug-likeness (QED) is 0.736. The molecule has 0 saturated heterocycles. The van der Waals surface area contributed by atoms with Gasteiger partial charge in [0.05, 0.1) is 10.2 Å². The molecule has 0 saturated carbocycles. The first-order chi connectivity index (χ1) is 9.54. The Kier molecular flexibility index (Phi) is 3.10. The zero-order valence-corrected chi connectivity index (χ0v) is 11.2. The molecule has 3 aromatic rings. The highest BCUT2D eigenvalue weighted by Gasteiger charge is 2.13. The second kappa shape index (κ2) is 4.79. The molecule has 0 fully saturated rings. The van der Waals surface area contributed by atoms with Gasteiger partial charge in [0, 0.05) is 6.07 Å². The van der Waals surface area contributed by atoms with Crippen LogP contribution in [0.25, 0.3) is 10.2 Å². The molecule has 3 rings (SSSR count). The van der Waals surface area contributed by atoms with Crippen molar-refractivity contribution in [2.45, 2.75) is 6.92 Å². The van der Waals surface area contributed by atoms with Gasteiger partial charge < -0.3 is 5.32 Å². The lowest BCUT2D eigenvalue weighted by molar-refractivity contribution is 0.585. The number of halogens is 3. The first-order valence-corrected chi connectivity index (χ1v) is 6.64. The van der Waals surface area contributed by atoms with E-state index in [4.69, 9.17) is 0 Å². The summed E-state index contributed by atoms with van der Waals surface area (Å²) in [5.74, 6) is -1.75. The number of rotatable bonds is 2. The second-order valence-electron chi connectivity index (χ2n) is 4.31. The van der Waals surface area contributed by atoms with E-state index in [0.717, 1.165) is 4.70 Å². The van der Waals surface area contributed by atoms with Crippen LogP contribution in [0.2, 0.25) is 0 Å². The third kappa shape index (κ3) is 2.22. The maximum Gasteiger partial charge on any atom is 0.188 e. The number of thiazole rings is 1. The van der Waals surface area contributed by atoms with Crippen LogP contribution in [-0.4, -0.2) is 4.98 Å². The average molecular weight is 294 g/mol. The predicted molar refractivity (Wildman–Crippen MR) is 74.0 cm³/mol. The van der Waals surface area contributed by atoms with E-state index in [9.17, 15) is 13.2 Å². The number of hydrogen-bond acceptors (Lipinski definition) is 3. The molecule has 0 aliphatic carbocycles. The minimum Gasteiger partial charge on any atom is -0.327 e. The summed E-state index contributed by atoms with van der Waals surface area (Å²) >= 11 is 1.20. The fourth-order valence-electron chi connectivity index (χ4n) is 1.83. The highest BCUT2D eigenvalue weighted by atomic mass is 32.1. The van der Waals surface area contributed by atoms with E-state index < -0.39 is 17.5 Å². The molecular formula is C14H9F3N2S. The van der Waals surface area contributed by atoms with Crippen molar-refractivity contribution in [3.05, 3.63) is 53.3 Å². The molecule has 2 aromatic carbocycles. The molecule has 1 aromatic heterocycles.